The fraction of sp³-hybridized carbons (Fsp3) is 0.235. The Balaban J connectivity index is 1.93. The number of ether oxygens (including phenoxy) is 1. The molecule has 0 aliphatic heterocycles. The Bertz CT molecular complexity index is 819. The summed E-state index contributed by atoms with van der Waals surface area (Å²) in [6, 6.07) is 14.2. The largest absolute Gasteiger partial charge is 0.497 e. The van der Waals surface area contributed by atoms with E-state index in [2.05, 4.69) is 5.32 Å². The van der Waals surface area contributed by atoms with Gasteiger partial charge in [-0.15, -0.1) is 0 Å². The molecule has 7 heteroatoms. The highest BCUT2D eigenvalue weighted by Gasteiger charge is 2.08. The molecule has 6 nitrogen and oxygen atoms in total. The summed E-state index contributed by atoms with van der Waals surface area (Å²) in [6.07, 6.45) is 0.895. The number of nitrogens with two attached hydrogens (primary N) is 1. The Morgan fingerprint density at radius 3 is 2.54 bits per heavy atom. The van der Waals surface area contributed by atoms with Crippen LogP contribution in [0, 0.1) is 0 Å². The molecular weight excluding hydrogens is 328 g/mol. The van der Waals surface area contributed by atoms with Gasteiger partial charge in [-0.25, -0.2) is 13.6 Å². The Kier molecular flexibility index (Phi) is 5.94. The number of benzene rings is 2. The van der Waals surface area contributed by atoms with Crippen molar-refractivity contribution in [2.45, 2.75) is 18.6 Å². The first kappa shape index (κ1) is 18.0. The molecule has 0 saturated carbocycles. The first-order valence-corrected chi connectivity index (χ1v) is 9.09. The van der Waals surface area contributed by atoms with Crippen molar-refractivity contribution in [1.29, 1.82) is 0 Å². The molecule has 0 saturated heterocycles. The van der Waals surface area contributed by atoms with Gasteiger partial charge in [0.25, 0.3) is 0 Å². The number of amides is 1. The molecule has 24 heavy (non-hydrogen) atoms. The molecule has 0 fully saturated rings. The molecule has 0 radical (unpaired) electrons. The van der Waals surface area contributed by atoms with E-state index in [1.807, 2.05) is 24.3 Å². The lowest BCUT2D eigenvalue weighted by Gasteiger charge is -2.08. The number of sulfonamides is 1. The molecular formula is C17H20N2O4S. The maximum atomic E-state index is 12.1. The molecule has 0 heterocycles. The average molecular weight is 348 g/mol. The topological polar surface area (TPSA) is 98.5 Å². The number of methoxy groups -OCH3 is 1. The summed E-state index contributed by atoms with van der Waals surface area (Å²) >= 11 is 0. The van der Waals surface area contributed by atoms with E-state index in [0.717, 1.165) is 11.3 Å². The zero-order valence-electron chi connectivity index (χ0n) is 13.4. The number of aryl methyl sites for hydroxylation is 1. The van der Waals surface area contributed by atoms with Crippen molar-refractivity contribution in [3.63, 3.8) is 0 Å². The van der Waals surface area contributed by atoms with Gasteiger partial charge < -0.3 is 10.1 Å². The molecule has 0 aliphatic rings. The van der Waals surface area contributed by atoms with E-state index in [9.17, 15) is 13.2 Å². The van der Waals surface area contributed by atoms with Crippen molar-refractivity contribution in [2.75, 3.05) is 12.4 Å². The lowest BCUT2D eigenvalue weighted by Crippen LogP contribution is -2.15. The molecule has 3 N–H and O–H groups in total. The Morgan fingerprint density at radius 2 is 1.83 bits per heavy atom. The Labute approximate surface area is 141 Å². The summed E-state index contributed by atoms with van der Waals surface area (Å²) in [7, 11) is -2.00. The molecule has 2 aromatic carbocycles. The molecule has 128 valence electrons. The zero-order valence-corrected chi connectivity index (χ0v) is 14.2. The van der Waals surface area contributed by atoms with Crippen LogP contribution in [0.3, 0.4) is 0 Å². The normalized spacial score (nSPS) is 11.1. The first-order chi connectivity index (χ1) is 11.4. The van der Waals surface area contributed by atoms with Gasteiger partial charge in [0.2, 0.25) is 15.9 Å². The van der Waals surface area contributed by atoms with Crippen molar-refractivity contribution >= 4 is 21.6 Å². The predicted octanol–water partition coefficient (Wildman–Crippen LogP) is 2.05. The lowest BCUT2D eigenvalue weighted by molar-refractivity contribution is -0.116. The second-order valence-electron chi connectivity index (χ2n) is 5.41. The minimum atomic E-state index is -3.60. The number of nitrogens with one attached hydrogen (secondary N) is 1. The summed E-state index contributed by atoms with van der Waals surface area (Å²) < 4.78 is 27.4. The molecule has 0 aliphatic carbocycles. The zero-order chi connectivity index (χ0) is 17.6. The monoisotopic (exact) mass is 348 g/mol. The Hall–Kier alpha value is -2.38. The average Bonchev–Trinajstić information content (AvgIpc) is 2.52. The summed E-state index contributed by atoms with van der Waals surface area (Å²) in [5, 5.41) is 7.79. The molecule has 0 unspecified atom stereocenters. The van der Waals surface area contributed by atoms with E-state index >= 15 is 0 Å². The molecule has 1 amide bonds. The van der Waals surface area contributed by atoms with Crippen molar-refractivity contribution < 1.29 is 17.9 Å². The number of anilines is 1. The highest BCUT2D eigenvalue weighted by Crippen LogP contribution is 2.15. The fourth-order valence-electron chi connectivity index (χ4n) is 2.28. The van der Waals surface area contributed by atoms with Gasteiger partial charge in [-0.1, -0.05) is 24.3 Å². The third kappa shape index (κ3) is 6.02. The molecule has 0 atom stereocenters. The van der Waals surface area contributed by atoms with Crippen LogP contribution < -0.4 is 15.2 Å². The summed E-state index contributed by atoms with van der Waals surface area (Å²) in [4.78, 5) is 12.1. The van der Waals surface area contributed by atoms with Crippen molar-refractivity contribution in [2.24, 2.45) is 5.14 Å². The van der Waals surface area contributed by atoms with Crippen LogP contribution in [0.15, 0.2) is 48.5 Å². The quantitative estimate of drug-likeness (QED) is 0.800. The lowest BCUT2D eigenvalue weighted by atomic mass is 10.1. The minimum Gasteiger partial charge on any atom is -0.497 e. The summed E-state index contributed by atoms with van der Waals surface area (Å²) in [6.45, 7) is 0. The standard InChI is InChI=1S/C17H20N2O4S/c1-23-16-7-3-4-13(11-16)8-9-17(20)19-15-6-2-5-14(10-15)12-24(18,21)22/h2-7,10-11H,8-9,12H2,1H3,(H,19,20)(H2,18,21,22). The second kappa shape index (κ2) is 7.94. The van der Waals surface area contributed by atoms with Gasteiger partial charge in [0, 0.05) is 12.1 Å². The second-order valence-corrected chi connectivity index (χ2v) is 7.02. The van der Waals surface area contributed by atoms with E-state index in [-0.39, 0.29) is 11.7 Å². The van der Waals surface area contributed by atoms with Crippen molar-refractivity contribution in [3.8, 4) is 5.75 Å². The van der Waals surface area contributed by atoms with Crippen LogP contribution in [0.5, 0.6) is 5.75 Å². The van der Waals surface area contributed by atoms with E-state index in [4.69, 9.17) is 9.88 Å². The number of rotatable bonds is 7. The van der Waals surface area contributed by atoms with Crippen LogP contribution in [0.25, 0.3) is 0 Å². The van der Waals surface area contributed by atoms with E-state index in [1.54, 1.807) is 31.4 Å². The van der Waals surface area contributed by atoms with Crippen LogP contribution >= 0.6 is 0 Å². The fourth-order valence-corrected chi connectivity index (χ4v) is 2.92. The number of carbonyl (C=O) groups excluding carboxylic acids is 1. The predicted molar refractivity (Wildman–Crippen MR) is 93.2 cm³/mol. The van der Waals surface area contributed by atoms with Crippen LogP contribution in [-0.2, 0) is 27.0 Å². The van der Waals surface area contributed by atoms with Crippen LogP contribution in [0.4, 0.5) is 5.69 Å². The van der Waals surface area contributed by atoms with Crippen LogP contribution in [0.1, 0.15) is 17.5 Å². The molecule has 2 rings (SSSR count). The van der Waals surface area contributed by atoms with Crippen LogP contribution in [0.2, 0.25) is 0 Å². The van der Waals surface area contributed by atoms with E-state index < -0.39 is 10.0 Å². The van der Waals surface area contributed by atoms with E-state index in [1.165, 1.54) is 0 Å². The van der Waals surface area contributed by atoms with Crippen LogP contribution in [-0.4, -0.2) is 21.4 Å². The maximum Gasteiger partial charge on any atom is 0.224 e. The Morgan fingerprint density at radius 1 is 1.12 bits per heavy atom. The third-order valence-corrected chi connectivity index (χ3v) is 4.09. The molecule has 0 aromatic heterocycles. The van der Waals surface area contributed by atoms with Gasteiger partial charge in [0.15, 0.2) is 0 Å². The molecule has 0 spiro atoms. The van der Waals surface area contributed by atoms with Gasteiger partial charge in [-0.2, -0.15) is 0 Å². The van der Waals surface area contributed by atoms with Crippen molar-refractivity contribution in [1.82, 2.24) is 0 Å². The van der Waals surface area contributed by atoms with Gasteiger partial charge in [-0.05, 0) is 41.8 Å². The SMILES string of the molecule is COc1cccc(CCC(=O)Nc2cccc(CS(N)(=O)=O)c2)c1. The number of hydrogen-bond donors (Lipinski definition) is 2. The van der Waals surface area contributed by atoms with Gasteiger partial charge in [0.1, 0.15) is 5.75 Å². The first-order valence-electron chi connectivity index (χ1n) is 7.38. The van der Waals surface area contributed by atoms with Gasteiger partial charge in [0.05, 0.1) is 12.9 Å². The highest BCUT2D eigenvalue weighted by molar-refractivity contribution is 7.88. The minimum absolute atomic E-state index is 0.148. The number of hydrogen-bond acceptors (Lipinski definition) is 4. The molecule has 2 aromatic rings. The van der Waals surface area contributed by atoms with Gasteiger partial charge in [-0.3, -0.25) is 4.79 Å². The summed E-state index contributed by atoms with van der Waals surface area (Å²) in [5.41, 5.74) is 2.09. The summed E-state index contributed by atoms with van der Waals surface area (Å²) in [5.74, 6) is 0.342. The molecule has 0 bridgehead atoms. The maximum absolute atomic E-state index is 12.1. The number of primary sulfonamides is 1. The highest BCUT2D eigenvalue weighted by atomic mass is 32.2. The smallest absolute Gasteiger partial charge is 0.224 e. The third-order valence-electron chi connectivity index (χ3n) is 3.35. The van der Waals surface area contributed by atoms with Gasteiger partial charge >= 0.3 is 0 Å². The van der Waals surface area contributed by atoms with Crippen molar-refractivity contribution in [3.05, 3.63) is 59.7 Å². The number of carbonyl (C=O) groups is 1. The van der Waals surface area contributed by atoms with E-state index in [0.29, 0.717) is 24.1 Å².